The normalized spacial score (nSPS) is 12.4. The summed E-state index contributed by atoms with van der Waals surface area (Å²) in [4.78, 5) is 1.94. The molecule has 2 aromatic rings. The zero-order valence-electron chi connectivity index (χ0n) is 12.9. The maximum absolute atomic E-state index is 13.4. The molecule has 1 atom stereocenters. The average Bonchev–Trinajstić information content (AvgIpc) is 2.96. The van der Waals surface area contributed by atoms with Crippen molar-refractivity contribution in [1.29, 1.82) is 0 Å². The fourth-order valence-corrected chi connectivity index (χ4v) is 2.37. The highest BCUT2D eigenvalue weighted by molar-refractivity contribution is 5.54. The molecule has 0 saturated heterocycles. The van der Waals surface area contributed by atoms with E-state index in [2.05, 4.69) is 17.3 Å². The molecule has 114 valence electrons. The zero-order valence-corrected chi connectivity index (χ0v) is 12.9. The summed E-state index contributed by atoms with van der Waals surface area (Å²) in [6.07, 6.45) is 4.76. The van der Waals surface area contributed by atoms with Crippen LogP contribution in [0.15, 0.2) is 36.7 Å². The minimum Gasteiger partial charge on any atom is -0.377 e. The van der Waals surface area contributed by atoms with Gasteiger partial charge in [0, 0.05) is 44.8 Å². The number of hydrogen-bond donors (Lipinski definition) is 1. The van der Waals surface area contributed by atoms with Crippen molar-refractivity contribution in [2.45, 2.75) is 25.9 Å². The van der Waals surface area contributed by atoms with Crippen LogP contribution in [0.3, 0.4) is 0 Å². The second-order valence-electron chi connectivity index (χ2n) is 5.40. The third kappa shape index (κ3) is 4.29. The van der Waals surface area contributed by atoms with Crippen molar-refractivity contribution < 1.29 is 4.39 Å². The summed E-state index contributed by atoms with van der Waals surface area (Å²) in [5, 5.41) is 7.66. The highest BCUT2D eigenvalue weighted by atomic mass is 19.1. The fraction of sp³-hybridized carbons (Fsp3) is 0.438. The lowest BCUT2D eigenvalue weighted by Crippen LogP contribution is -2.23. The van der Waals surface area contributed by atoms with Gasteiger partial charge in [0.25, 0.3) is 0 Å². The van der Waals surface area contributed by atoms with Crippen molar-refractivity contribution in [3.8, 4) is 0 Å². The van der Waals surface area contributed by atoms with Crippen molar-refractivity contribution in [2.75, 3.05) is 25.5 Å². The maximum atomic E-state index is 13.4. The minimum atomic E-state index is -0.201. The van der Waals surface area contributed by atoms with E-state index in [0.717, 1.165) is 30.8 Å². The van der Waals surface area contributed by atoms with Crippen LogP contribution in [0, 0.1) is 5.82 Å². The summed E-state index contributed by atoms with van der Waals surface area (Å²) in [5.41, 5.74) is 2.03. The number of nitrogens with one attached hydrogen (secondary N) is 1. The number of benzene rings is 1. The van der Waals surface area contributed by atoms with Crippen molar-refractivity contribution in [1.82, 2.24) is 15.1 Å². The van der Waals surface area contributed by atoms with E-state index in [4.69, 9.17) is 0 Å². The molecule has 0 fully saturated rings. The first-order chi connectivity index (χ1) is 10.1. The molecule has 21 heavy (non-hydrogen) atoms. The summed E-state index contributed by atoms with van der Waals surface area (Å²) >= 11 is 0. The molecule has 0 amide bonds. The lowest BCUT2D eigenvalue weighted by Gasteiger charge is -2.22. The SMILES string of the molecule is CC(NCCCn1cccn1)c1ccc(F)cc1N(C)C. The Balaban J connectivity index is 1.89. The van der Waals surface area contributed by atoms with Gasteiger partial charge in [0.15, 0.2) is 0 Å². The van der Waals surface area contributed by atoms with Crippen molar-refractivity contribution in [2.24, 2.45) is 0 Å². The van der Waals surface area contributed by atoms with Gasteiger partial charge in [-0.2, -0.15) is 5.10 Å². The summed E-state index contributed by atoms with van der Waals surface area (Å²) in [6, 6.07) is 7.07. The van der Waals surface area contributed by atoms with Crippen molar-refractivity contribution in [3.05, 3.63) is 48.0 Å². The number of nitrogens with zero attached hydrogens (tertiary/aromatic N) is 3. The van der Waals surface area contributed by atoms with Crippen LogP contribution in [0.1, 0.15) is 24.9 Å². The number of hydrogen-bond acceptors (Lipinski definition) is 3. The van der Waals surface area contributed by atoms with Crippen LogP contribution in [0.25, 0.3) is 0 Å². The molecule has 0 bridgehead atoms. The summed E-state index contributed by atoms with van der Waals surface area (Å²) in [5.74, 6) is -0.201. The molecule has 2 rings (SSSR count). The Kier molecular flexibility index (Phi) is 5.33. The second-order valence-corrected chi connectivity index (χ2v) is 5.40. The van der Waals surface area contributed by atoms with Gasteiger partial charge in [0.2, 0.25) is 0 Å². The number of aryl methyl sites for hydroxylation is 1. The molecule has 1 N–H and O–H groups in total. The molecular weight excluding hydrogens is 267 g/mol. The molecule has 0 saturated carbocycles. The van der Waals surface area contributed by atoms with Gasteiger partial charge in [-0.3, -0.25) is 4.68 Å². The molecule has 0 aliphatic heterocycles. The first kappa shape index (κ1) is 15.5. The first-order valence-electron chi connectivity index (χ1n) is 7.25. The highest BCUT2D eigenvalue weighted by Crippen LogP contribution is 2.25. The number of aromatic nitrogens is 2. The molecule has 1 unspecified atom stereocenters. The largest absolute Gasteiger partial charge is 0.377 e. The van der Waals surface area contributed by atoms with Gasteiger partial charge in [-0.15, -0.1) is 0 Å². The van der Waals surface area contributed by atoms with Gasteiger partial charge in [-0.1, -0.05) is 6.07 Å². The molecular formula is C16H23FN4. The Morgan fingerprint density at radius 2 is 2.19 bits per heavy atom. The van der Waals surface area contributed by atoms with Crippen LogP contribution >= 0.6 is 0 Å². The summed E-state index contributed by atoms with van der Waals surface area (Å²) < 4.78 is 15.3. The topological polar surface area (TPSA) is 33.1 Å². The van der Waals surface area contributed by atoms with E-state index in [9.17, 15) is 4.39 Å². The van der Waals surface area contributed by atoms with Crippen LogP contribution in [0.4, 0.5) is 10.1 Å². The average molecular weight is 290 g/mol. The van der Waals surface area contributed by atoms with E-state index in [1.165, 1.54) is 6.07 Å². The Morgan fingerprint density at radius 1 is 1.38 bits per heavy atom. The molecule has 1 heterocycles. The summed E-state index contributed by atoms with van der Waals surface area (Å²) in [7, 11) is 3.87. The molecule has 1 aromatic carbocycles. The zero-order chi connectivity index (χ0) is 15.2. The number of halogens is 1. The smallest absolute Gasteiger partial charge is 0.125 e. The highest BCUT2D eigenvalue weighted by Gasteiger charge is 2.12. The predicted molar refractivity (Wildman–Crippen MR) is 84.0 cm³/mol. The molecule has 0 spiro atoms. The molecule has 4 nitrogen and oxygen atoms in total. The Hall–Kier alpha value is -1.88. The van der Waals surface area contributed by atoms with Gasteiger partial charge in [-0.05, 0) is 43.7 Å². The van der Waals surface area contributed by atoms with E-state index >= 15 is 0 Å². The minimum absolute atomic E-state index is 0.181. The first-order valence-corrected chi connectivity index (χ1v) is 7.25. The van der Waals surface area contributed by atoms with Gasteiger partial charge in [-0.25, -0.2) is 4.39 Å². The predicted octanol–water partition coefficient (Wildman–Crippen LogP) is 2.83. The van der Waals surface area contributed by atoms with E-state index in [0.29, 0.717) is 0 Å². The Labute approximate surface area is 125 Å². The molecule has 1 aromatic heterocycles. The number of rotatable bonds is 7. The van der Waals surface area contributed by atoms with Crippen LogP contribution < -0.4 is 10.2 Å². The van der Waals surface area contributed by atoms with E-state index in [-0.39, 0.29) is 11.9 Å². The van der Waals surface area contributed by atoms with Gasteiger partial charge < -0.3 is 10.2 Å². The van der Waals surface area contributed by atoms with Crippen LogP contribution in [-0.2, 0) is 6.54 Å². The standard InChI is InChI=1S/C16H23FN4/c1-13(18-8-4-10-21-11-5-9-19-21)15-7-6-14(17)12-16(15)20(2)3/h5-7,9,11-13,18H,4,8,10H2,1-3H3. The number of anilines is 1. The Bertz CT molecular complexity index is 551. The molecule has 0 aliphatic rings. The van der Waals surface area contributed by atoms with Crippen LogP contribution in [0.2, 0.25) is 0 Å². The quantitative estimate of drug-likeness (QED) is 0.796. The third-order valence-electron chi connectivity index (χ3n) is 3.51. The van der Waals surface area contributed by atoms with Crippen LogP contribution in [-0.4, -0.2) is 30.4 Å². The van der Waals surface area contributed by atoms with Gasteiger partial charge in [0.05, 0.1) is 0 Å². The fourth-order valence-electron chi connectivity index (χ4n) is 2.37. The second kappa shape index (κ2) is 7.22. The molecule has 5 heteroatoms. The van der Waals surface area contributed by atoms with E-state index < -0.39 is 0 Å². The molecule has 0 radical (unpaired) electrons. The Morgan fingerprint density at radius 3 is 2.86 bits per heavy atom. The lowest BCUT2D eigenvalue weighted by molar-refractivity contribution is 0.506. The van der Waals surface area contributed by atoms with Crippen LogP contribution in [0.5, 0.6) is 0 Å². The van der Waals surface area contributed by atoms with Crippen molar-refractivity contribution >= 4 is 5.69 Å². The summed E-state index contributed by atoms with van der Waals surface area (Å²) in [6.45, 7) is 3.90. The van der Waals surface area contributed by atoms with Gasteiger partial charge in [0.1, 0.15) is 5.82 Å². The monoisotopic (exact) mass is 290 g/mol. The van der Waals surface area contributed by atoms with E-state index in [1.54, 1.807) is 12.3 Å². The van der Waals surface area contributed by atoms with Gasteiger partial charge >= 0.3 is 0 Å². The third-order valence-corrected chi connectivity index (χ3v) is 3.51. The lowest BCUT2D eigenvalue weighted by atomic mass is 10.1. The van der Waals surface area contributed by atoms with E-state index in [1.807, 2.05) is 42.0 Å². The molecule has 0 aliphatic carbocycles. The van der Waals surface area contributed by atoms with Crippen molar-refractivity contribution in [3.63, 3.8) is 0 Å². The maximum Gasteiger partial charge on any atom is 0.125 e.